The van der Waals surface area contributed by atoms with Crippen LogP contribution in [0, 0.1) is 13.8 Å². The van der Waals surface area contributed by atoms with Gasteiger partial charge < -0.3 is 0 Å². The molecule has 2 aromatic carbocycles. The summed E-state index contributed by atoms with van der Waals surface area (Å²) in [6.07, 6.45) is 5.09. The third-order valence-corrected chi connectivity index (χ3v) is 6.87. The smallest absolute Gasteiger partial charge is 0.268 e. The fourth-order valence-electron chi connectivity index (χ4n) is 3.58. The van der Waals surface area contributed by atoms with E-state index in [9.17, 15) is 4.79 Å². The Morgan fingerprint density at radius 3 is 2.62 bits per heavy atom. The summed E-state index contributed by atoms with van der Waals surface area (Å²) in [6, 6.07) is 16.5. The molecule has 0 saturated carbocycles. The average Bonchev–Trinajstić information content (AvgIpc) is 3.06. The van der Waals surface area contributed by atoms with Gasteiger partial charge in [-0.25, -0.2) is 4.98 Å². The molecule has 0 amide bonds. The van der Waals surface area contributed by atoms with Gasteiger partial charge in [-0.05, 0) is 42.7 Å². The Kier molecular flexibility index (Phi) is 5.97. The standard InChI is InChI=1S/C24H24N2OS2/c1-16-12-17(2)14-20(13-16)26-23(27)22-21(15-18(3)29-22)25-24(26)28-11-7-10-19-8-5-4-6-9-19/h4-10,12-14,18H,11,15H2,1-3H3/b10-7+. The first-order chi connectivity index (χ1) is 14.0. The van der Waals surface area contributed by atoms with Crippen molar-refractivity contribution in [2.45, 2.75) is 42.5 Å². The highest BCUT2D eigenvalue weighted by Gasteiger charge is 2.26. The SMILES string of the molecule is Cc1cc(C)cc(-n2c(SC/C=C/c3ccccc3)nc3c(c2=O)SC(C)C3)c1. The van der Waals surface area contributed by atoms with Crippen LogP contribution in [0.1, 0.15) is 29.3 Å². The van der Waals surface area contributed by atoms with Crippen LogP contribution in [0.5, 0.6) is 0 Å². The average molecular weight is 421 g/mol. The van der Waals surface area contributed by atoms with Crippen molar-refractivity contribution >= 4 is 29.6 Å². The Bertz CT molecular complexity index is 1100. The zero-order chi connectivity index (χ0) is 20.4. The number of benzene rings is 2. The molecule has 0 spiro atoms. The van der Waals surface area contributed by atoms with E-state index in [1.807, 2.05) is 18.2 Å². The Balaban J connectivity index is 1.70. The lowest BCUT2D eigenvalue weighted by atomic mass is 10.1. The highest BCUT2D eigenvalue weighted by Crippen LogP contribution is 2.35. The quantitative estimate of drug-likeness (QED) is 0.392. The molecule has 0 bridgehead atoms. The monoisotopic (exact) mass is 420 g/mol. The summed E-state index contributed by atoms with van der Waals surface area (Å²) in [6.45, 7) is 6.28. The van der Waals surface area contributed by atoms with Gasteiger partial charge in [-0.2, -0.15) is 0 Å². The first-order valence-corrected chi connectivity index (χ1v) is 11.6. The molecule has 29 heavy (non-hydrogen) atoms. The van der Waals surface area contributed by atoms with Crippen LogP contribution >= 0.6 is 23.5 Å². The van der Waals surface area contributed by atoms with Crippen molar-refractivity contribution in [3.8, 4) is 5.69 Å². The van der Waals surface area contributed by atoms with Crippen LogP contribution in [0.4, 0.5) is 0 Å². The molecule has 4 rings (SSSR count). The molecule has 3 nitrogen and oxygen atoms in total. The van der Waals surface area contributed by atoms with Crippen LogP contribution < -0.4 is 5.56 Å². The number of hydrogen-bond donors (Lipinski definition) is 0. The Labute approximate surface area is 180 Å². The van der Waals surface area contributed by atoms with E-state index < -0.39 is 0 Å². The maximum Gasteiger partial charge on any atom is 0.272 e. The largest absolute Gasteiger partial charge is 0.272 e. The van der Waals surface area contributed by atoms with Gasteiger partial charge in [0.2, 0.25) is 0 Å². The molecular formula is C24H24N2OS2. The summed E-state index contributed by atoms with van der Waals surface area (Å²) >= 11 is 3.26. The Morgan fingerprint density at radius 1 is 1.17 bits per heavy atom. The predicted molar refractivity (Wildman–Crippen MR) is 125 cm³/mol. The molecule has 1 aliphatic heterocycles. The van der Waals surface area contributed by atoms with E-state index in [0.29, 0.717) is 5.25 Å². The molecule has 0 aliphatic carbocycles. The number of hydrogen-bond acceptors (Lipinski definition) is 4. The van der Waals surface area contributed by atoms with Crippen molar-refractivity contribution in [1.82, 2.24) is 9.55 Å². The number of aryl methyl sites for hydroxylation is 2. The van der Waals surface area contributed by atoms with Crippen molar-refractivity contribution in [3.63, 3.8) is 0 Å². The van der Waals surface area contributed by atoms with Crippen LogP contribution in [-0.4, -0.2) is 20.6 Å². The number of rotatable bonds is 5. The van der Waals surface area contributed by atoms with E-state index in [1.54, 1.807) is 28.1 Å². The number of nitrogens with zero attached hydrogens (tertiary/aromatic N) is 2. The highest BCUT2D eigenvalue weighted by molar-refractivity contribution is 8.00. The molecule has 0 saturated heterocycles. The molecule has 0 fully saturated rings. The fraction of sp³-hybridized carbons (Fsp3) is 0.250. The number of aromatic nitrogens is 2. The lowest BCUT2D eigenvalue weighted by molar-refractivity contribution is 0.731. The van der Waals surface area contributed by atoms with Crippen molar-refractivity contribution in [3.05, 3.63) is 87.3 Å². The van der Waals surface area contributed by atoms with Crippen LogP contribution in [0.15, 0.2) is 69.5 Å². The molecule has 2 heterocycles. The van der Waals surface area contributed by atoms with Gasteiger partial charge in [-0.1, -0.05) is 67.2 Å². The Morgan fingerprint density at radius 2 is 1.90 bits per heavy atom. The van der Waals surface area contributed by atoms with E-state index in [0.717, 1.165) is 44.7 Å². The highest BCUT2D eigenvalue weighted by atomic mass is 32.2. The lowest BCUT2D eigenvalue weighted by Crippen LogP contribution is -2.24. The van der Waals surface area contributed by atoms with Gasteiger partial charge in [0, 0.05) is 17.4 Å². The van der Waals surface area contributed by atoms with Gasteiger partial charge >= 0.3 is 0 Å². The zero-order valence-electron chi connectivity index (χ0n) is 16.9. The van der Waals surface area contributed by atoms with Gasteiger partial charge in [0.15, 0.2) is 5.16 Å². The normalized spacial score (nSPS) is 15.8. The van der Waals surface area contributed by atoms with Crippen molar-refractivity contribution in [1.29, 1.82) is 0 Å². The molecule has 1 unspecified atom stereocenters. The fourth-order valence-corrected chi connectivity index (χ4v) is 5.51. The van der Waals surface area contributed by atoms with Gasteiger partial charge in [0.05, 0.1) is 16.3 Å². The van der Waals surface area contributed by atoms with Gasteiger partial charge in [-0.3, -0.25) is 9.36 Å². The van der Waals surface area contributed by atoms with E-state index in [4.69, 9.17) is 4.98 Å². The molecule has 1 aliphatic rings. The topological polar surface area (TPSA) is 34.9 Å². The molecular weight excluding hydrogens is 396 g/mol. The van der Waals surface area contributed by atoms with Crippen molar-refractivity contribution < 1.29 is 0 Å². The van der Waals surface area contributed by atoms with E-state index in [2.05, 4.69) is 63.3 Å². The molecule has 3 aromatic rings. The van der Waals surface area contributed by atoms with Crippen LogP contribution in [-0.2, 0) is 6.42 Å². The minimum absolute atomic E-state index is 0.0592. The first kappa shape index (κ1) is 20.0. The summed E-state index contributed by atoms with van der Waals surface area (Å²) < 4.78 is 1.80. The molecule has 1 atom stereocenters. The molecule has 0 radical (unpaired) electrons. The minimum Gasteiger partial charge on any atom is -0.268 e. The van der Waals surface area contributed by atoms with Gasteiger partial charge in [-0.15, -0.1) is 11.8 Å². The molecule has 5 heteroatoms. The molecule has 0 N–H and O–H groups in total. The predicted octanol–water partition coefficient (Wildman–Crippen LogP) is 5.69. The summed E-state index contributed by atoms with van der Waals surface area (Å²) in [4.78, 5) is 19.1. The zero-order valence-corrected chi connectivity index (χ0v) is 18.5. The van der Waals surface area contributed by atoms with E-state index in [-0.39, 0.29) is 5.56 Å². The second-order valence-corrected chi connectivity index (χ2v) is 9.85. The van der Waals surface area contributed by atoms with Crippen molar-refractivity contribution in [2.75, 3.05) is 5.75 Å². The first-order valence-electron chi connectivity index (χ1n) is 9.77. The van der Waals surface area contributed by atoms with Crippen LogP contribution in [0.25, 0.3) is 11.8 Å². The van der Waals surface area contributed by atoms with Crippen LogP contribution in [0.2, 0.25) is 0 Å². The van der Waals surface area contributed by atoms with Gasteiger partial charge in [0.1, 0.15) is 0 Å². The van der Waals surface area contributed by atoms with E-state index >= 15 is 0 Å². The number of fused-ring (bicyclic) bond motifs is 1. The Hall–Kier alpha value is -2.24. The third-order valence-electron chi connectivity index (χ3n) is 4.76. The maximum absolute atomic E-state index is 13.4. The third kappa shape index (κ3) is 4.51. The molecule has 1 aromatic heterocycles. The maximum atomic E-state index is 13.4. The molecule has 148 valence electrons. The second-order valence-electron chi connectivity index (χ2n) is 7.41. The van der Waals surface area contributed by atoms with Crippen LogP contribution in [0.3, 0.4) is 0 Å². The second kappa shape index (κ2) is 8.64. The summed E-state index contributed by atoms with van der Waals surface area (Å²) in [5, 5.41) is 1.17. The summed E-state index contributed by atoms with van der Waals surface area (Å²) in [5.41, 5.74) is 5.37. The summed E-state index contributed by atoms with van der Waals surface area (Å²) in [5.74, 6) is 0.758. The number of thioether (sulfide) groups is 2. The summed E-state index contributed by atoms with van der Waals surface area (Å²) in [7, 11) is 0. The lowest BCUT2D eigenvalue weighted by Gasteiger charge is -2.14. The van der Waals surface area contributed by atoms with E-state index in [1.165, 1.54) is 5.56 Å². The minimum atomic E-state index is 0.0592. The van der Waals surface area contributed by atoms with Gasteiger partial charge in [0.25, 0.3) is 5.56 Å². The van der Waals surface area contributed by atoms with Crippen molar-refractivity contribution in [2.24, 2.45) is 0 Å².